The first-order valence-electron chi connectivity index (χ1n) is 8.51. The van der Waals surface area contributed by atoms with Gasteiger partial charge < -0.3 is 10.6 Å². The average molecular weight is 312 g/mol. The summed E-state index contributed by atoms with van der Waals surface area (Å²) in [4.78, 5) is 7.29. The van der Waals surface area contributed by atoms with Crippen LogP contribution in [0.25, 0.3) is 0 Å². The summed E-state index contributed by atoms with van der Waals surface area (Å²) in [6.07, 6.45) is 7.89. The molecule has 0 saturated carbocycles. The largest absolute Gasteiger partial charge is 0.357 e. The van der Waals surface area contributed by atoms with E-state index in [-0.39, 0.29) is 0 Å². The summed E-state index contributed by atoms with van der Waals surface area (Å²) in [5.41, 5.74) is 2.63. The molecule has 1 unspecified atom stereocenters. The fourth-order valence-electron chi connectivity index (χ4n) is 2.93. The Morgan fingerprint density at radius 2 is 1.96 bits per heavy atom. The van der Waals surface area contributed by atoms with E-state index in [0.29, 0.717) is 12.6 Å². The maximum absolute atomic E-state index is 5.33. The molecule has 0 spiro atoms. The van der Waals surface area contributed by atoms with Gasteiger partial charge in [-0.25, -0.2) is 0 Å². The molecule has 4 nitrogen and oxygen atoms in total. The molecule has 0 amide bonds. The van der Waals surface area contributed by atoms with Crippen LogP contribution >= 0.6 is 0 Å². The molecule has 4 heteroatoms. The zero-order valence-electron chi connectivity index (χ0n) is 14.3. The van der Waals surface area contributed by atoms with Gasteiger partial charge in [0.25, 0.3) is 0 Å². The zero-order chi connectivity index (χ0) is 16.5. The topological polar surface area (TPSA) is 39.7 Å². The molecule has 1 atom stereocenters. The highest BCUT2D eigenvalue weighted by atomic mass is 15.2. The first-order valence-corrected chi connectivity index (χ1v) is 8.51. The third kappa shape index (κ3) is 5.30. The molecule has 0 aromatic heterocycles. The van der Waals surface area contributed by atoms with E-state index < -0.39 is 0 Å². The Labute approximate surface area is 140 Å². The minimum absolute atomic E-state index is 0.333. The van der Waals surface area contributed by atoms with Crippen LogP contribution in [0.2, 0.25) is 0 Å². The van der Waals surface area contributed by atoms with Gasteiger partial charge in [-0.1, -0.05) is 35.7 Å². The van der Waals surface area contributed by atoms with Gasteiger partial charge in [-0.15, -0.1) is 6.42 Å². The molecule has 1 aromatic carbocycles. The fourth-order valence-corrected chi connectivity index (χ4v) is 2.93. The molecule has 124 valence electrons. The molecule has 1 heterocycles. The number of aliphatic imine (C=N–C) groups is 1. The van der Waals surface area contributed by atoms with Crippen molar-refractivity contribution in [1.82, 2.24) is 15.5 Å². The normalized spacial score (nSPS) is 16.8. The van der Waals surface area contributed by atoms with Crippen molar-refractivity contribution in [3.63, 3.8) is 0 Å². The maximum Gasteiger partial charge on any atom is 0.192 e. The predicted octanol–water partition coefficient (Wildman–Crippen LogP) is 2.32. The molecule has 0 aliphatic carbocycles. The molecular formula is C19H28N4. The molecule has 23 heavy (non-hydrogen) atoms. The van der Waals surface area contributed by atoms with Crippen molar-refractivity contribution in [3.05, 3.63) is 35.4 Å². The first kappa shape index (κ1) is 17.4. The van der Waals surface area contributed by atoms with Gasteiger partial charge in [-0.05, 0) is 45.3 Å². The number of aryl methyl sites for hydroxylation is 1. The molecule has 1 saturated heterocycles. The second-order valence-electron chi connectivity index (χ2n) is 5.95. The van der Waals surface area contributed by atoms with E-state index in [1.165, 1.54) is 24.0 Å². The molecule has 1 aromatic rings. The number of benzene rings is 1. The lowest BCUT2D eigenvalue weighted by molar-refractivity contribution is 0.251. The second-order valence-corrected chi connectivity index (χ2v) is 5.95. The Kier molecular flexibility index (Phi) is 6.96. The van der Waals surface area contributed by atoms with Gasteiger partial charge in [-0.3, -0.25) is 9.89 Å². The Bertz CT molecular complexity index is 535. The van der Waals surface area contributed by atoms with Crippen molar-refractivity contribution < 1.29 is 0 Å². The van der Waals surface area contributed by atoms with Gasteiger partial charge >= 0.3 is 0 Å². The van der Waals surface area contributed by atoms with Crippen molar-refractivity contribution >= 4 is 5.96 Å². The van der Waals surface area contributed by atoms with Crippen molar-refractivity contribution in [2.75, 3.05) is 32.7 Å². The number of nitrogens with zero attached hydrogens (tertiary/aromatic N) is 2. The van der Waals surface area contributed by atoms with Crippen LogP contribution in [0.1, 0.15) is 36.9 Å². The van der Waals surface area contributed by atoms with Gasteiger partial charge in [0.2, 0.25) is 0 Å². The monoisotopic (exact) mass is 312 g/mol. The average Bonchev–Trinajstić information content (AvgIpc) is 3.08. The third-order valence-electron chi connectivity index (χ3n) is 4.17. The van der Waals surface area contributed by atoms with Crippen molar-refractivity contribution in [2.24, 2.45) is 4.99 Å². The van der Waals surface area contributed by atoms with E-state index in [1.54, 1.807) is 0 Å². The third-order valence-corrected chi connectivity index (χ3v) is 4.17. The van der Waals surface area contributed by atoms with Crippen molar-refractivity contribution in [1.29, 1.82) is 0 Å². The number of rotatable bonds is 6. The molecule has 0 radical (unpaired) electrons. The number of nitrogens with one attached hydrogen (secondary N) is 2. The van der Waals surface area contributed by atoms with Gasteiger partial charge in [0.1, 0.15) is 0 Å². The van der Waals surface area contributed by atoms with Gasteiger partial charge in [0.15, 0.2) is 5.96 Å². The minimum Gasteiger partial charge on any atom is -0.357 e. The molecule has 1 aliphatic rings. The number of likely N-dealkylation sites (tertiary alicyclic amines) is 1. The molecule has 2 rings (SSSR count). The highest BCUT2D eigenvalue weighted by Crippen LogP contribution is 2.25. The number of hydrogen-bond donors (Lipinski definition) is 2. The molecule has 1 fully saturated rings. The van der Waals surface area contributed by atoms with Crippen molar-refractivity contribution in [3.8, 4) is 12.3 Å². The van der Waals surface area contributed by atoms with Gasteiger partial charge in [-0.2, -0.15) is 0 Å². The van der Waals surface area contributed by atoms with Crippen LogP contribution in [0.5, 0.6) is 0 Å². The molecular weight excluding hydrogens is 284 g/mol. The number of terminal acetylenes is 1. The number of guanidine groups is 1. The van der Waals surface area contributed by atoms with Gasteiger partial charge in [0, 0.05) is 6.54 Å². The number of hydrogen-bond acceptors (Lipinski definition) is 2. The lowest BCUT2D eigenvalue weighted by Crippen LogP contribution is -2.38. The summed E-state index contributed by atoms with van der Waals surface area (Å²) in [7, 11) is 0. The Morgan fingerprint density at radius 1 is 1.26 bits per heavy atom. The van der Waals surface area contributed by atoms with Crippen LogP contribution in [0.3, 0.4) is 0 Å². The SMILES string of the molecule is C#CCNC(=NCC(c1ccc(C)cc1)N1CCCC1)NCC. The maximum atomic E-state index is 5.33. The Balaban J connectivity index is 2.13. The van der Waals surface area contributed by atoms with E-state index in [2.05, 4.69) is 59.6 Å². The molecule has 1 aliphatic heterocycles. The highest BCUT2D eigenvalue weighted by molar-refractivity contribution is 5.80. The molecule has 2 N–H and O–H groups in total. The van der Waals surface area contributed by atoms with Crippen LogP contribution in [0, 0.1) is 19.3 Å². The van der Waals surface area contributed by atoms with E-state index in [0.717, 1.165) is 32.1 Å². The van der Waals surface area contributed by atoms with Crippen LogP contribution in [-0.4, -0.2) is 43.6 Å². The standard InChI is InChI=1S/C19H28N4/c1-4-12-21-19(20-5-2)22-15-18(23-13-6-7-14-23)17-10-8-16(3)9-11-17/h1,8-11,18H,5-7,12-15H2,2-3H3,(H2,20,21,22). The smallest absolute Gasteiger partial charge is 0.192 e. The summed E-state index contributed by atoms with van der Waals surface area (Å²) < 4.78 is 0. The lowest BCUT2D eigenvalue weighted by atomic mass is 10.0. The highest BCUT2D eigenvalue weighted by Gasteiger charge is 2.23. The quantitative estimate of drug-likeness (QED) is 0.481. The van der Waals surface area contributed by atoms with E-state index in [4.69, 9.17) is 11.4 Å². The summed E-state index contributed by atoms with van der Waals surface area (Å²) in [6, 6.07) is 9.17. The minimum atomic E-state index is 0.333. The fraction of sp³-hybridized carbons (Fsp3) is 0.526. The molecule has 0 bridgehead atoms. The second kappa shape index (κ2) is 9.22. The van der Waals surface area contributed by atoms with Crippen LogP contribution < -0.4 is 10.6 Å². The summed E-state index contributed by atoms with van der Waals surface area (Å²) in [5.74, 6) is 3.39. The van der Waals surface area contributed by atoms with Crippen LogP contribution in [0.4, 0.5) is 0 Å². The Hall–Kier alpha value is -1.99. The van der Waals surface area contributed by atoms with Gasteiger partial charge in [0.05, 0.1) is 19.1 Å². The summed E-state index contributed by atoms with van der Waals surface area (Å²) in [6.45, 7) is 8.55. The zero-order valence-corrected chi connectivity index (χ0v) is 14.3. The lowest BCUT2D eigenvalue weighted by Gasteiger charge is -2.27. The van der Waals surface area contributed by atoms with Crippen LogP contribution in [-0.2, 0) is 0 Å². The van der Waals surface area contributed by atoms with E-state index in [9.17, 15) is 0 Å². The van der Waals surface area contributed by atoms with Crippen molar-refractivity contribution in [2.45, 2.75) is 32.7 Å². The summed E-state index contributed by atoms with van der Waals surface area (Å²) >= 11 is 0. The van der Waals surface area contributed by atoms with Crippen LogP contribution in [0.15, 0.2) is 29.3 Å². The van der Waals surface area contributed by atoms with E-state index >= 15 is 0 Å². The first-order chi connectivity index (χ1) is 11.2. The van der Waals surface area contributed by atoms with E-state index in [1.807, 2.05) is 0 Å². The predicted molar refractivity (Wildman–Crippen MR) is 97.5 cm³/mol. The Morgan fingerprint density at radius 3 is 2.57 bits per heavy atom. The summed E-state index contributed by atoms with van der Waals surface area (Å²) in [5, 5.41) is 6.41.